The lowest BCUT2D eigenvalue weighted by atomic mass is 10.1. The molecule has 0 spiro atoms. The Labute approximate surface area is 212 Å². The Balaban J connectivity index is 0.000000253. The molecule has 36 heavy (non-hydrogen) atoms. The molecule has 3 aromatic heterocycles. The highest BCUT2D eigenvalue weighted by molar-refractivity contribution is 7.90. The normalized spacial score (nSPS) is 11.0. The van der Waals surface area contributed by atoms with Crippen molar-refractivity contribution in [3.05, 3.63) is 101 Å². The summed E-state index contributed by atoms with van der Waals surface area (Å²) in [6.07, 6.45) is 8.38. The predicted molar refractivity (Wildman–Crippen MR) is 140 cm³/mol. The third kappa shape index (κ3) is 6.90. The number of thiophene rings is 1. The minimum absolute atomic E-state index is 0.0186. The van der Waals surface area contributed by atoms with Crippen LogP contribution in [0.5, 0.6) is 0 Å². The van der Waals surface area contributed by atoms with Gasteiger partial charge in [-0.05, 0) is 47.3 Å². The van der Waals surface area contributed by atoms with E-state index < -0.39 is 22.0 Å². The van der Waals surface area contributed by atoms with Crippen LogP contribution in [0.3, 0.4) is 0 Å². The highest BCUT2D eigenvalue weighted by atomic mass is 32.2. The number of nitrogens with one attached hydrogen (secondary N) is 1. The Hall–Kier alpha value is -4.22. The fourth-order valence-electron chi connectivity index (χ4n) is 3.08. The van der Waals surface area contributed by atoms with Gasteiger partial charge in [-0.1, -0.05) is 24.3 Å². The lowest BCUT2D eigenvalue weighted by molar-refractivity contribution is 0.0696. The van der Waals surface area contributed by atoms with E-state index in [1.807, 2.05) is 35.0 Å². The largest absolute Gasteiger partial charge is 0.478 e. The molecule has 4 rings (SSSR count). The standard InChI is InChI=1S/C17H17N3O2S2.C8H6O4/c1-18-16-10-17(15-6-8-23-13-15)20(12-16)24(21,22)9-3-5-14-4-2-7-19-11-14;9-7(10)5-2-1-3-6(4-5)8(11)12/h2-8,10-13,18H,9H2,1H3;1-4H,(H,9,10)(H,11,12). The molecule has 0 amide bonds. The first kappa shape index (κ1) is 26.4. The molecule has 0 aliphatic rings. The van der Waals surface area contributed by atoms with Crippen LogP contribution in [0.4, 0.5) is 5.69 Å². The van der Waals surface area contributed by atoms with Gasteiger partial charge in [0.25, 0.3) is 0 Å². The van der Waals surface area contributed by atoms with Gasteiger partial charge in [-0.2, -0.15) is 11.3 Å². The lowest BCUT2D eigenvalue weighted by Crippen LogP contribution is -2.15. The van der Waals surface area contributed by atoms with Crippen molar-refractivity contribution < 1.29 is 28.2 Å². The molecular weight excluding hydrogens is 502 g/mol. The van der Waals surface area contributed by atoms with Crippen LogP contribution in [0, 0.1) is 0 Å². The van der Waals surface area contributed by atoms with Crippen LogP contribution in [-0.4, -0.2) is 52.3 Å². The molecule has 0 unspecified atom stereocenters. The van der Waals surface area contributed by atoms with Crippen LogP contribution < -0.4 is 5.32 Å². The molecule has 0 atom stereocenters. The number of rotatable bonds is 8. The molecule has 3 N–H and O–H groups in total. The molecule has 0 fully saturated rings. The van der Waals surface area contributed by atoms with Crippen LogP contribution in [0.15, 0.2) is 84.0 Å². The quantitative estimate of drug-likeness (QED) is 0.303. The smallest absolute Gasteiger partial charge is 0.335 e. The zero-order valence-corrected chi connectivity index (χ0v) is 20.7. The van der Waals surface area contributed by atoms with Crippen molar-refractivity contribution in [1.29, 1.82) is 0 Å². The highest BCUT2D eigenvalue weighted by Gasteiger charge is 2.18. The van der Waals surface area contributed by atoms with E-state index in [-0.39, 0.29) is 16.9 Å². The van der Waals surface area contributed by atoms with E-state index in [0.717, 1.165) is 22.9 Å². The van der Waals surface area contributed by atoms with Crippen molar-refractivity contribution in [2.24, 2.45) is 0 Å². The molecule has 0 aliphatic carbocycles. The van der Waals surface area contributed by atoms with E-state index in [9.17, 15) is 18.0 Å². The molecule has 11 heteroatoms. The van der Waals surface area contributed by atoms with Crippen LogP contribution >= 0.6 is 11.3 Å². The van der Waals surface area contributed by atoms with Gasteiger partial charge in [0.15, 0.2) is 0 Å². The zero-order chi connectivity index (χ0) is 26.1. The Bertz CT molecular complexity index is 1430. The first-order chi connectivity index (χ1) is 17.2. The molecule has 9 nitrogen and oxygen atoms in total. The maximum atomic E-state index is 12.7. The average Bonchev–Trinajstić information content (AvgIpc) is 3.55. The number of carboxylic acids is 2. The van der Waals surface area contributed by atoms with Crippen LogP contribution in [0.2, 0.25) is 0 Å². The summed E-state index contributed by atoms with van der Waals surface area (Å²) in [5.74, 6) is -2.34. The second-order valence-electron chi connectivity index (χ2n) is 7.33. The number of hydrogen-bond acceptors (Lipinski definition) is 7. The third-order valence-corrected chi connectivity index (χ3v) is 7.05. The summed E-state index contributed by atoms with van der Waals surface area (Å²) in [5.41, 5.74) is 3.15. The van der Waals surface area contributed by atoms with Crippen molar-refractivity contribution >= 4 is 45.1 Å². The Morgan fingerprint density at radius 3 is 2.36 bits per heavy atom. The molecule has 0 saturated heterocycles. The molecule has 0 radical (unpaired) electrons. The lowest BCUT2D eigenvalue weighted by Gasteiger charge is -2.07. The van der Waals surface area contributed by atoms with E-state index in [1.54, 1.807) is 37.8 Å². The molecule has 186 valence electrons. The number of aromatic carboxylic acids is 2. The molecule has 3 heterocycles. The van der Waals surface area contributed by atoms with Gasteiger partial charge in [0, 0.05) is 36.6 Å². The maximum absolute atomic E-state index is 12.7. The third-order valence-electron chi connectivity index (χ3n) is 4.85. The molecule has 0 bridgehead atoms. The van der Waals surface area contributed by atoms with Gasteiger partial charge in [-0.15, -0.1) is 0 Å². The summed E-state index contributed by atoms with van der Waals surface area (Å²) in [6, 6.07) is 12.6. The maximum Gasteiger partial charge on any atom is 0.335 e. The van der Waals surface area contributed by atoms with Gasteiger partial charge in [0.1, 0.15) is 0 Å². The first-order valence-electron chi connectivity index (χ1n) is 10.5. The van der Waals surface area contributed by atoms with Crippen molar-refractivity contribution in [2.75, 3.05) is 18.1 Å². The van der Waals surface area contributed by atoms with Crippen molar-refractivity contribution in [3.63, 3.8) is 0 Å². The monoisotopic (exact) mass is 525 g/mol. The molecule has 0 saturated carbocycles. The van der Waals surface area contributed by atoms with Crippen molar-refractivity contribution in [2.45, 2.75) is 0 Å². The SMILES string of the molecule is CNc1cc(-c2ccsc2)n(S(=O)(=O)CC=Cc2cccnc2)c1.O=C(O)c1cccc(C(=O)O)c1. The Morgan fingerprint density at radius 2 is 1.81 bits per heavy atom. The number of aromatic nitrogens is 2. The number of anilines is 1. The van der Waals surface area contributed by atoms with Crippen LogP contribution in [-0.2, 0) is 10.0 Å². The number of nitrogens with zero attached hydrogens (tertiary/aromatic N) is 2. The fraction of sp³-hybridized carbons (Fsp3) is 0.0800. The zero-order valence-electron chi connectivity index (χ0n) is 19.1. The summed E-state index contributed by atoms with van der Waals surface area (Å²) < 4.78 is 26.8. The molecule has 1 aromatic carbocycles. The van der Waals surface area contributed by atoms with Gasteiger partial charge < -0.3 is 15.5 Å². The van der Waals surface area contributed by atoms with E-state index in [0.29, 0.717) is 5.69 Å². The Kier molecular flexibility index (Phi) is 8.76. The highest BCUT2D eigenvalue weighted by Crippen LogP contribution is 2.28. The molecule has 0 aliphatic heterocycles. The van der Waals surface area contributed by atoms with Gasteiger partial charge >= 0.3 is 11.9 Å². The summed E-state index contributed by atoms with van der Waals surface area (Å²) in [5, 5.41) is 23.9. The van der Waals surface area contributed by atoms with Crippen LogP contribution in [0.1, 0.15) is 26.3 Å². The predicted octanol–water partition coefficient (Wildman–Crippen LogP) is 4.63. The van der Waals surface area contributed by atoms with E-state index >= 15 is 0 Å². The second kappa shape index (κ2) is 12.0. The molecule has 4 aromatic rings. The fourth-order valence-corrected chi connectivity index (χ4v) is 4.96. The summed E-state index contributed by atoms with van der Waals surface area (Å²) >= 11 is 1.54. The van der Waals surface area contributed by atoms with Crippen molar-refractivity contribution in [3.8, 4) is 11.3 Å². The number of carbonyl (C=O) groups is 2. The average molecular weight is 526 g/mol. The number of carboxylic acid groups (broad SMARTS) is 2. The first-order valence-corrected chi connectivity index (χ1v) is 13.1. The summed E-state index contributed by atoms with van der Waals surface area (Å²) in [6.45, 7) is 0. The van der Waals surface area contributed by atoms with E-state index in [2.05, 4.69) is 10.3 Å². The van der Waals surface area contributed by atoms with E-state index in [1.165, 1.54) is 33.5 Å². The van der Waals surface area contributed by atoms with Crippen molar-refractivity contribution in [1.82, 2.24) is 8.96 Å². The van der Waals surface area contributed by atoms with Gasteiger partial charge in [-0.3, -0.25) is 4.98 Å². The van der Waals surface area contributed by atoms with Gasteiger partial charge in [-0.25, -0.2) is 22.0 Å². The minimum atomic E-state index is -3.50. The summed E-state index contributed by atoms with van der Waals surface area (Å²) in [7, 11) is -1.73. The number of pyridine rings is 1. The van der Waals surface area contributed by atoms with Gasteiger partial charge in [0.05, 0.1) is 28.3 Å². The van der Waals surface area contributed by atoms with Gasteiger partial charge in [0.2, 0.25) is 10.0 Å². The summed E-state index contributed by atoms with van der Waals surface area (Å²) in [4.78, 5) is 24.8. The minimum Gasteiger partial charge on any atom is -0.478 e. The van der Waals surface area contributed by atoms with Crippen LogP contribution in [0.25, 0.3) is 17.3 Å². The second-order valence-corrected chi connectivity index (χ2v) is 10.0. The topological polar surface area (TPSA) is 139 Å². The van der Waals surface area contributed by atoms with E-state index in [4.69, 9.17) is 10.2 Å². The molecular formula is C25H23N3O6S2. The number of benzene rings is 1. The number of hydrogen-bond donors (Lipinski definition) is 3. The Morgan fingerprint density at radius 1 is 1.08 bits per heavy atom.